The molecule has 134 valence electrons. The summed E-state index contributed by atoms with van der Waals surface area (Å²) in [4.78, 5) is 21.5. The number of para-hydroxylation sites is 1. The fourth-order valence-corrected chi connectivity index (χ4v) is 6.19. The molecule has 5 rings (SSSR count). The Balaban J connectivity index is 1.86. The molecule has 4 heterocycles. The molecule has 4 nitrogen and oxygen atoms in total. The molecule has 3 aliphatic heterocycles. The third-order valence-corrected chi connectivity index (χ3v) is 7.18. The Kier molecular flexibility index (Phi) is 3.30. The summed E-state index contributed by atoms with van der Waals surface area (Å²) in [6, 6.07) is 8.53. The number of nitrogens with one attached hydrogen (secondary N) is 1. The number of amides is 1. The van der Waals surface area contributed by atoms with E-state index in [-0.39, 0.29) is 11.3 Å². The summed E-state index contributed by atoms with van der Waals surface area (Å²) in [6.07, 6.45) is 10.6. The number of aromatic nitrogens is 1. The monoisotopic (exact) mass is 347 g/mol. The molecule has 0 unspecified atom stereocenters. The number of terminal acetylenes is 1. The lowest BCUT2D eigenvalue weighted by Gasteiger charge is -2.59. The average molecular weight is 347 g/mol. The average Bonchev–Trinajstić information content (AvgIpc) is 3.16. The molecule has 3 aliphatic rings. The van der Waals surface area contributed by atoms with E-state index in [4.69, 9.17) is 6.42 Å². The topological polar surface area (TPSA) is 39.3 Å². The fourth-order valence-electron chi connectivity index (χ4n) is 6.19. The van der Waals surface area contributed by atoms with Gasteiger partial charge in [0, 0.05) is 35.8 Å². The molecule has 0 aliphatic carbocycles. The van der Waals surface area contributed by atoms with E-state index in [1.165, 1.54) is 22.2 Å². The lowest BCUT2D eigenvalue weighted by molar-refractivity contribution is -0.159. The van der Waals surface area contributed by atoms with E-state index in [0.717, 1.165) is 38.8 Å². The number of nitrogens with zero attached hydrogens (tertiary/aromatic N) is 2. The van der Waals surface area contributed by atoms with Crippen LogP contribution in [0, 0.1) is 17.8 Å². The fraction of sp³-hybridized carbons (Fsp3) is 0.500. The van der Waals surface area contributed by atoms with Gasteiger partial charge < -0.3 is 9.88 Å². The molecule has 2 aromatic rings. The van der Waals surface area contributed by atoms with Crippen LogP contribution in [0.25, 0.3) is 10.9 Å². The van der Waals surface area contributed by atoms with E-state index < -0.39 is 5.66 Å². The summed E-state index contributed by atoms with van der Waals surface area (Å²) in [5, 5.41) is 1.30. The Morgan fingerprint density at radius 2 is 2.15 bits per heavy atom. The minimum absolute atomic E-state index is 0.0603. The zero-order valence-electron chi connectivity index (χ0n) is 15.3. The Morgan fingerprint density at radius 1 is 1.31 bits per heavy atom. The van der Waals surface area contributed by atoms with Crippen molar-refractivity contribution in [2.45, 2.75) is 44.7 Å². The standard InChI is InChI=1S/C22H25N3O/c1-3-12-25-19(26)15-21(4-2)11-7-13-24-14-10-17-16-8-5-6-9-18(16)23-20(17)22(21,24)25/h1,5-6,8-9,23H,4,7,10-15H2,2H3/t21-,22+/m0/s1. The number of H-pyrrole nitrogens is 1. The first kappa shape index (κ1) is 16.0. The van der Waals surface area contributed by atoms with Crippen LogP contribution in [-0.4, -0.2) is 40.3 Å². The highest BCUT2D eigenvalue weighted by molar-refractivity contribution is 5.88. The number of likely N-dealkylation sites (tertiary alicyclic amines) is 1. The lowest BCUT2D eigenvalue weighted by atomic mass is 9.63. The van der Waals surface area contributed by atoms with Crippen molar-refractivity contribution in [1.29, 1.82) is 0 Å². The summed E-state index contributed by atoms with van der Waals surface area (Å²) in [5.41, 5.74) is 3.32. The van der Waals surface area contributed by atoms with Gasteiger partial charge >= 0.3 is 0 Å². The van der Waals surface area contributed by atoms with E-state index in [0.29, 0.717) is 13.0 Å². The van der Waals surface area contributed by atoms with E-state index in [1.807, 2.05) is 4.90 Å². The predicted molar refractivity (Wildman–Crippen MR) is 102 cm³/mol. The second kappa shape index (κ2) is 5.37. The molecule has 26 heavy (non-hydrogen) atoms. The van der Waals surface area contributed by atoms with Crippen LogP contribution in [0.5, 0.6) is 0 Å². The van der Waals surface area contributed by atoms with Gasteiger partial charge in [0.05, 0.1) is 12.2 Å². The third-order valence-electron chi connectivity index (χ3n) is 7.18. The lowest BCUT2D eigenvalue weighted by Crippen LogP contribution is -2.67. The Morgan fingerprint density at radius 3 is 2.96 bits per heavy atom. The number of aromatic amines is 1. The van der Waals surface area contributed by atoms with Gasteiger partial charge in [-0.3, -0.25) is 9.69 Å². The largest absolute Gasteiger partial charge is 0.355 e. The zero-order chi connectivity index (χ0) is 17.9. The summed E-state index contributed by atoms with van der Waals surface area (Å²) in [7, 11) is 0. The molecular weight excluding hydrogens is 322 g/mol. The van der Waals surface area contributed by atoms with E-state index in [1.54, 1.807) is 0 Å². The molecule has 0 radical (unpaired) electrons. The van der Waals surface area contributed by atoms with E-state index in [2.05, 4.69) is 47.0 Å². The van der Waals surface area contributed by atoms with Crippen molar-refractivity contribution in [2.24, 2.45) is 5.41 Å². The van der Waals surface area contributed by atoms with Crippen molar-refractivity contribution in [3.63, 3.8) is 0 Å². The molecule has 4 heteroatoms. The van der Waals surface area contributed by atoms with Gasteiger partial charge in [-0.15, -0.1) is 6.42 Å². The first-order valence-electron chi connectivity index (χ1n) is 9.77. The van der Waals surface area contributed by atoms with Crippen LogP contribution >= 0.6 is 0 Å². The number of hydrogen-bond acceptors (Lipinski definition) is 2. The van der Waals surface area contributed by atoms with Crippen LogP contribution in [0.3, 0.4) is 0 Å². The van der Waals surface area contributed by atoms with Gasteiger partial charge in [-0.05, 0) is 37.3 Å². The zero-order valence-corrected chi connectivity index (χ0v) is 15.3. The second-order valence-corrected chi connectivity index (χ2v) is 8.03. The molecule has 1 aromatic heterocycles. The Hall–Kier alpha value is -2.25. The number of carbonyl (C=O) groups excluding carboxylic acids is 1. The highest BCUT2D eigenvalue weighted by atomic mass is 16.2. The van der Waals surface area contributed by atoms with Gasteiger partial charge in [-0.2, -0.15) is 0 Å². The first-order chi connectivity index (χ1) is 12.7. The minimum Gasteiger partial charge on any atom is -0.355 e. The van der Waals surface area contributed by atoms with E-state index >= 15 is 0 Å². The molecule has 1 aromatic carbocycles. The Bertz CT molecular complexity index is 939. The number of rotatable bonds is 2. The van der Waals surface area contributed by atoms with Crippen LogP contribution in [0.15, 0.2) is 24.3 Å². The van der Waals surface area contributed by atoms with Gasteiger partial charge in [0.25, 0.3) is 0 Å². The number of carbonyl (C=O) groups is 1. The molecular formula is C22H25N3O. The van der Waals surface area contributed by atoms with Crippen LogP contribution in [0.4, 0.5) is 0 Å². The SMILES string of the molecule is C#CCN1C(=O)C[C@]2(CC)CCCN3CCc4c([nH]c5ccccc45)[C@@]312. The van der Waals surface area contributed by atoms with Gasteiger partial charge in [0.1, 0.15) is 5.66 Å². The molecule has 0 bridgehead atoms. The van der Waals surface area contributed by atoms with Gasteiger partial charge in [-0.1, -0.05) is 31.0 Å². The number of hydrogen-bond donors (Lipinski definition) is 1. The summed E-state index contributed by atoms with van der Waals surface area (Å²) in [5.74, 6) is 2.98. The quantitative estimate of drug-likeness (QED) is 0.847. The highest BCUT2D eigenvalue weighted by Gasteiger charge is 2.68. The molecule has 2 atom stereocenters. The smallest absolute Gasteiger partial charge is 0.225 e. The van der Waals surface area contributed by atoms with Crippen LogP contribution < -0.4 is 0 Å². The number of piperidine rings is 1. The van der Waals surface area contributed by atoms with Crippen LogP contribution in [0.2, 0.25) is 0 Å². The molecule has 1 amide bonds. The third kappa shape index (κ3) is 1.68. The van der Waals surface area contributed by atoms with E-state index in [9.17, 15) is 4.79 Å². The van der Waals surface area contributed by atoms with Gasteiger partial charge in [0.2, 0.25) is 5.91 Å². The summed E-state index contributed by atoms with van der Waals surface area (Å²) < 4.78 is 0. The van der Waals surface area contributed by atoms with Crippen molar-refractivity contribution >= 4 is 16.8 Å². The summed E-state index contributed by atoms with van der Waals surface area (Å²) >= 11 is 0. The summed E-state index contributed by atoms with van der Waals surface area (Å²) in [6.45, 7) is 4.65. The second-order valence-electron chi connectivity index (χ2n) is 8.03. The van der Waals surface area contributed by atoms with Crippen LogP contribution in [-0.2, 0) is 16.9 Å². The Labute approximate surface area is 154 Å². The normalized spacial score (nSPS) is 30.8. The van der Waals surface area contributed by atoms with Crippen molar-refractivity contribution in [1.82, 2.24) is 14.8 Å². The maximum absolute atomic E-state index is 13.2. The molecule has 2 fully saturated rings. The van der Waals surface area contributed by atoms with Crippen molar-refractivity contribution in [3.05, 3.63) is 35.5 Å². The van der Waals surface area contributed by atoms with Gasteiger partial charge in [-0.25, -0.2) is 0 Å². The molecule has 1 spiro atoms. The number of fused-ring (bicyclic) bond motifs is 3. The maximum Gasteiger partial charge on any atom is 0.225 e. The van der Waals surface area contributed by atoms with Crippen LogP contribution in [0.1, 0.15) is 43.9 Å². The molecule has 1 N–H and O–H groups in total. The highest BCUT2D eigenvalue weighted by Crippen LogP contribution is 2.62. The predicted octanol–water partition coefficient (Wildman–Crippen LogP) is 3.23. The molecule has 0 saturated carbocycles. The van der Waals surface area contributed by atoms with Gasteiger partial charge in [0.15, 0.2) is 0 Å². The van der Waals surface area contributed by atoms with Crippen molar-refractivity contribution in [3.8, 4) is 12.3 Å². The first-order valence-corrected chi connectivity index (χ1v) is 9.77. The molecule has 2 saturated heterocycles. The van der Waals surface area contributed by atoms with Crippen molar-refractivity contribution in [2.75, 3.05) is 19.6 Å². The maximum atomic E-state index is 13.2. The number of benzene rings is 1. The van der Waals surface area contributed by atoms with Crippen molar-refractivity contribution < 1.29 is 4.79 Å². The minimum atomic E-state index is -0.407.